The van der Waals surface area contributed by atoms with Crippen LogP contribution in [0.2, 0.25) is 0 Å². The third-order valence-corrected chi connectivity index (χ3v) is 7.42. The Morgan fingerprint density at radius 2 is 1.67 bits per heavy atom. The molecule has 0 saturated carbocycles. The van der Waals surface area contributed by atoms with E-state index in [1.807, 2.05) is 19.1 Å². The normalized spacial score (nSPS) is 20.5. The molecular weight excluding hydrogens is 442 g/mol. The predicted octanol–water partition coefficient (Wildman–Crippen LogP) is 2.43. The number of piperazine rings is 1. The van der Waals surface area contributed by atoms with E-state index in [0.717, 1.165) is 17.7 Å². The van der Waals surface area contributed by atoms with E-state index in [1.54, 1.807) is 21.9 Å². The Hall–Kier alpha value is -3.04. The molecule has 1 aromatic carbocycles. The number of carbonyl (C=O) groups excluding carboxylic acids is 4. The summed E-state index contributed by atoms with van der Waals surface area (Å²) < 4.78 is 5.57. The lowest BCUT2D eigenvalue weighted by Crippen LogP contribution is -2.50. The van der Waals surface area contributed by atoms with Crippen molar-refractivity contribution in [2.75, 3.05) is 39.3 Å². The molecular formula is C24H25N3O5S. The van der Waals surface area contributed by atoms with Crippen LogP contribution in [0.3, 0.4) is 0 Å². The summed E-state index contributed by atoms with van der Waals surface area (Å²) in [7, 11) is 0. The average Bonchev–Trinajstić information content (AvgIpc) is 3.56. The van der Waals surface area contributed by atoms with Crippen LogP contribution >= 0.6 is 11.3 Å². The molecule has 1 aromatic heterocycles. The zero-order chi connectivity index (χ0) is 23.1. The minimum Gasteiger partial charge on any atom is -0.376 e. The van der Waals surface area contributed by atoms with Crippen LogP contribution in [0.4, 0.5) is 0 Å². The Kier molecular flexibility index (Phi) is 5.76. The van der Waals surface area contributed by atoms with Gasteiger partial charge in [0.25, 0.3) is 23.6 Å². The minimum absolute atomic E-state index is 0.00632. The van der Waals surface area contributed by atoms with Crippen LogP contribution in [0.15, 0.2) is 30.3 Å². The molecule has 2 saturated heterocycles. The highest BCUT2D eigenvalue weighted by Gasteiger charge is 2.38. The summed E-state index contributed by atoms with van der Waals surface area (Å²) in [5.74, 6) is -0.912. The molecule has 2 aromatic rings. The van der Waals surface area contributed by atoms with Gasteiger partial charge in [-0.2, -0.15) is 0 Å². The first-order chi connectivity index (χ1) is 15.9. The van der Waals surface area contributed by atoms with E-state index in [4.69, 9.17) is 4.74 Å². The number of rotatable bonds is 4. The topological polar surface area (TPSA) is 87.2 Å². The molecule has 0 spiro atoms. The number of imide groups is 1. The molecule has 4 amide bonds. The molecule has 0 bridgehead atoms. The van der Waals surface area contributed by atoms with Gasteiger partial charge in [0.2, 0.25) is 0 Å². The molecule has 0 N–H and O–H groups in total. The summed E-state index contributed by atoms with van der Waals surface area (Å²) in [6.45, 7) is 4.62. The van der Waals surface area contributed by atoms with Gasteiger partial charge in [0.05, 0.1) is 28.7 Å². The average molecular weight is 468 g/mol. The first-order valence-corrected chi connectivity index (χ1v) is 12.0. The summed E-state index contributed by atoms with van der Waals surface area (Å²) in [4.78, 5) is 57.8. The van der Waals surface area contributed by atoms with Crippen molar-refractivity contribution in [3.8, 4) is 0 Å². The van der Waals surface area contributed by atoms with E-state index in [9.17, 15) is 19.2 Å². The van der Waals surface area contributed by atoms with Crippen LogP contribution in [0, 0.1) is 6.92 Å². The van der Waals surface area contributed by atoms with E-state index in [0.29, 0.717) is 48.8 Å². The van der Waals surface area contributed by atoms with Crippen LogP contribution in [-0.4, -0.2) is 83.8 Å². The van der Waals surface area contributed by atoms with Gasteiger partial charge in [-0.15, -0.1) is 11.3 Å². The second-order valence-corrected chi connectivity index (χ2v) is 9.90. The lowest BCUT2D eigenvalue weighted by molar-refractivity contribution is 0.0475. The molecule has 0 aliphatic carbocycles. The van der Waals surface area contributed by atoms with E-state index in [-0.39, 0.29) is 41.8 Å². The summed E-state index contributed by atoms with van der Waals surface area (Å²) >= 11 is 1.47. The van der Waals surface area contributed by atoms with Crippen molar-refractivity contribution in [2.45, 2.75) is 25.9 Å². The molecule has 3 aliphatic rings. The number of fused-ring (bicyclic) bond motifs is 1. The first-order valence-electron chi connectivity index (χ1n) is 11.2. The van der Waals surface area contributed by atoms with Gasteiger partial charge in [0, 0.05) is 43.2 Å². The number of thiophene rings is 1. The summed E-state index contributed by atoms with van der Waals surface area (Å²) in [6, 6.07) is 8.47. The van der Waals surface area contributed by atoms with E-state index in [2.05, 4.69) is 0 Å². The number of nitrogens with zero attached hydrogens (tertiary/aromatic N) is 3. The third-order valence-electron chi connectivity index (χ3n) is 6.43. The Labute approximate surface area is 195 Å². The summed E-state index contributed by atoms with van der Waals surface area (Å²) in [5.41, 5.74) is 0.976. The van der Waals surface area contributed by atoms with E-state index >= 15 is 0 Å². The van der Waals surface area contributed by atoms with Gasteiger partial charge in [-0.25, -0.2) is 0 Å². The molecule has 172 valence electrons. The van der Waals surface area contributed by atoms with Crippen LogP contribution in [0.25, 0.3) is 0 Å². The quantitative estimate of drug-likeness (QED) is 0.645. The number of aryl methyl sites for hydroxylation is 1. The van der Waals surface area contributed by atoms with Gasteiger partial charge in [0.1, 0.15) is 0 Å². The van der Waals surface area contributed by atoms with E-state index in [1.165, 1.54) is 22.3 Å². The van der Waals surface area contributed by atoms with E-state index < -0.39 is 0 Å². The molecule has 8 nitrogen and oxygen atoms in total. The van der Waals surface area contributed by atoms with Gasteiger partial charge >= 0.3 is 0 Å². The van der Waals surface area contributed by atoms with Gasteiger partial charge in [0.15, 0.2) is 0 Å². The number of amides is 4. The number of hydrogen-bond acceptors (Lipinski definition) is 6. The molecule has 3 aliphatic heterocycles. The molecule has 5 rings (SSSR count). The fourth-order valence-electron chi connectivity index (χ4n) is 4.58. The fraction of sp³-hybridized carbons (Fsp3) is 0.417. The van der Waals surface area contributed by atoms with Crippen molar-refractivity contribution in [1.29, 1.82) is 0 Å². The Morgan fingerprint density at radius 1 is 0.970 bits per heavy atom. The van der Waals surface area contributed by atoms with Crippen molar-refractivity contribution in [3.05, 3.63) is 56.8 Å². The van der Waals surface area contributed by atoms with Crippen LogP contribution < -0.4 is 0 Å². The largest absolute Gasteiger partial charge is 0.376 e. The highest BCUT2D eigenvalue weighted by molar-refractivity contribution is 7.13. The number of carbonyl (C=O) groups is 4. The van der Waals surface area contributed by atoms with Crippen LogP contribution in [0.5, 0.6) is 0 Å². The summed E-state index contributed by atoms with van der Waals surface area (Å²) in [5, 5.41) is 0. The molecule has 4 heterocycles. The maximum atomic E-state index is 13.1. The highest BCUT2D eigenvalue weighted by atomic mass is 32.1. The van der Waals surface area contributed by atoms with Gasteiger partial charge in [-0.3, -0.25) is 24.1 Å². The molecule has 33 heavy (non-hydrogen) atoms. The smallest absolute Gasteiger partial charge is 0.264 e. The first kappa shape index (κ1) is 21.8. The van der Waals surface area contributed by atoms with Crippen LogP contribution in [0.1, 0.15) is 58.5 Å². The molecule has 1 atom stereocenters. The SMILES string of the molecule is Cc1ccc(C(=O)N2CCN(C(=O)c3ccc4c(c3)C(=O)N(CC3CCCO3)C4=O)CC2)s1. The molecule has 2 fully saturated rings. The highest BCUT2D eigenvalue weighted by Crippen LogP contribution is 2.27. The monoisotopic (exact) mass is 467 g/mol. The molecule has 0 radical (unpaired) electrons. The minimum atomic E-state index is -0.373. The van der Waals surface area contributed by atoms with Gasteiger partial charge < -0.3 is 14.5 Å². The lowest BCUT2D eigenvalue weighted by atomic mass is 10.0. The standard InChI is InChI=1S/C24H25N3O5S/c1-15-4-7-20(33-15)24(31)26-10-8-25(9-11-26)21(28)16-5-6-18-19(13-16)23(30)27(22(18)29)14-17-3-2-12-32-17/h4-7,13,17H,2-3,8-12,14H2,1H3. The van der Waals surface area contributed by atoms with Crippen molar-refractivity contribution < 1.29 is 23.9 Å². The zero-order valence-corrected chi connectivity index (χ0v) is 19.2. The Balaban J connectivity index is 1.24. The van der Waals surface area contributed by atoms with Crippen molar-refractivity contribution in [3.63, 3.8) is 0 Å². The second kappa shape index (κ2) is 8.72. The fourth-order valence-corrected chi connectivity index (χ4v) is 5.42. The predicted molar refractivity (Wildman–Crippen MR) is 122 cm³/mol. The van der Waals surface area contributed by atoms with Crippen molar-refractivity contribution in [1.82, 2.24) is 14.7 Å². The van der Waals surface area contributed by atoms with Gasteiger partial charge in [-0.05, 0) is 50.1 Å². The van der Waals surface area contributed by atoms with Gasteiger partial charge in [-0.1, -0.05) is 0 Å². The maximum absolute atomic E-state index is 13.1. The zero-order valence-electron chi connectivity index (χ0n) is 18.4. The van der Waals surface area contributed by atoms with Crippen molar-refractivity contribution in [2.24, 2.45) is 0 Å². The second-order valence-electron chi connectivity index (χ2n) is 8.61. The Bertz CT molecular complexity index is 1130. The summed E-state index contributed by atoms with van der Waals surface area (Å²) in [6.07, 6.45) is 1.64. The van der Waals surface area contributed by atoms with Crippen molar-refractivity contribution >= 4 is 35.0 Å². The third kappa shape index (κ3) is 4.06. The lowest BCUT2D eigenvalue weighted by Gasteiger charge is -2.34. The molecule has 9 heteroatoms. The Morgan fingerprint density at radius 3 is 2.30 bits per heavy atom. The number of benzene rings is 1. The van der Waals surface area contributed by atoms with Crippen LogP contribution in [-0.2, 0) is 4.74 Å². The molecule has 1 unspecified atom stereocenters. The number of hydrogen-bond donors (Lipinski definition) is 0. The maximum Gasteiger partial charge on any atom is 0.264 e. The number of ether oxygens (including phenoxy) is 1.